The first kappa shape index (κ1) is 13.3. The first-order valence-corrected chi connectivity index (χ1v) is 7.57. The summed E-state index contributed by atoms with van der Waals surface area (Å²) in [6, 6.07) is 8.22. The van der Waals surface area contributed by atoms with Crippen LogP contribution in [0.1, 0.15) is 24.4 Å². The van der Waals surface area contributed by atoms with E-state index in [9.17, 15) is 0 Å². The fraction of sp³-hybridized carbons (Fsp3) is 0.267. The molecule has 6 nitrogen and oxygen atoms in total. The van der Waals surface area contributed by atoms with E-state index >= 15 is 0 Å². The summed E-state index contributed by atoms with van der Waals surface area (Å²) in [5.41, 5.74) is 9.24. The van der Waals surface area contributed by atoms with Crippen molar-refractivity contribution in [1.82, 2.24) is 19.5 Å². The van der Waals surface area contributed by atoms with Crippen LogP contribution in [-0.2, 0) is 6.54 Å². The van der Waals surface area contributed by atoms with Crippen molar-refractivity contribution in [1.29, 1.82) is 0 Å². The summed E-state index contributed by atoms with van der Waals surface area (Å²) >= 11 is 6.06. The molecule has 112 valence electrons. The number of hydrogen-bond donors (Lipinski definition) is 2. The Balaban J connectivity index is 1.68. The van der Waals surface area contributed by atoms with E-state index in [0.717, 1.165) is 35.3 Å². The van der Waals surface area contributed by atoms with E-state index in [1.807, 2.05) is 30.6 Å². The van der Waals surface area contributed by atoms with Gasteiger partial charge in [0.05, 0.1) is 6.33 Å². The highest BCUT2D eigenvalue weighted by Gasteiger charge is 2.26. The molecule has 2 aromatic heterocycles. The molecule has 1 fully saturated rings. The third-order valence-electron chi connectivity index (χ3n) is 3.84. The van der Waals surface area contributed by atoms with E-state index in [4.69, 9.17) is 17.3 Å². The number of fused-ring (bicyclic) bond motifs is 1. The van der Waals surface area contributed by atoms with E-state index < -0.39 is 0 Å². The maximum Gasteiger partial charge on any atom is 0.226 e. The molecule has 7 heteroatoms. The summed E-state index contributed by atoms with van der Waals surface area (Å²) in [7, 11) is 0. The largest absolute Gasteiger partial charge is 0.398 e. The highest BCUT2D eigenvalue weighted by molar-refractivity contribution is 6.28. The highest BCUT2D eigenvalue weighted by Crippen LogP contribution is 2.37. The van der Waals surface area contributed by atoms with Crippen molar-refractivity contribution in [2.24, 2.45) is 0 Å². The molecule has 1 aromatic carbocycles. The normalized spacial score (nSPS) is 14.4. The molecule has 3 aromatic rings. The SMILES string of the molecule is Nc1ccccc1CNc1nc(Cl)nc2c1ncn2C1CC1. The van der Waals surface area contributed by atoms with Crippen LogP contribution in [0.3, 0.4) is 0 Å². The van der Waals surface area contributed by atoms with Crippen molar-refractivity contribution in [3.8, 4) is 0 Å². The van der Waals surface area contributed by atoms with Crippen molar-refractivity contribution < 1.29 is 0 Å². The number of rotatable bonds is 4. The predicted molar refractivity (Wildman–Crippen MR) is 86.8 cm³/mol. The Morgan fingerprint density at radius 2 is 2.09 bits per heavy atom. The van der Waals surface area contributed by atoms with Gasteiger partial charge in [0.1, 0.15) is 0 Å². The number of halogens is 1. The number of para-hydroxylation sites is 1. The Labute approximate surface area is 132 Å². The quantitative estimate of drug-likeness (QED) is 0.571. The molecule has 0 saturated heterocycles. The molecule has 22 heavy (non-hydrogen) atoms. The van der Waals surface area contributed by atoms with Gasteiger partial charge in [0.15, 0.2) is 17.0 Å². The summed E-state index contributed by atoms with van der Waals surface area (Å²) in [6.07, 6.45) is 4.14. The highest BCUT2D eigenvalue weighted by atomic mass is 35.5. The van der Waals surface area contributed by atoms with Crippen LogP contribution in [0.5, 0.6) is 0 Å². The van der Waals surface area contributed by atoms with Gasteiger partial charge in [0.2, 0.25) is 5.28 Å². The van der Waals surface area contributed by atoms with Gasteiger partial charge in [0.25, 0.3) is 0 Å². The number of nitrogens with two attached hydrogens (primary N) is 1. The van der Waals surface area contributed by atoms with E-state index in [0.29, 0.717) is 18.4 Å². The fourth-order valence-electron chi connectivity index (χ4n) is 2.51. The molecule has 0 radical (unpaired) electrons. The first-order valence-electron chi connectivity index (χ1n) is 7.19. The van der Waals surface area contributed by atoms with Gasteiger partial charge in [-0.25, -0.2) is 4.98 Å². The van der Waals surface area contributed by atoms with Crippen molar-refractivity contribution in [2.75, 3.05) is 11.1 Å². The van der Waals surface area contributed by atoms with E-state index in [2.05, 4.69) is 24.8 Å². The van der Waals surface area contributed by atoms with Crippen LogP contribution < -0.4 is 11.1 Å². The Hall–Kier alpha value is -2.34. The summed E-state index contributed by atoms with van der Waals surface area (Å²) in [6.45, 7) is 0.561. The number of imidazole rings is 1. The number of aromatic nitrogens is 4. The summed E-state index contributed by atoms with van der Waals surface area (Å²) in [4.78, 5) is 13.0. The molecule has 0 bridgehead atoms. The first-order chi connectivity index (χ1) is 10.7. The summed E-state index contributed by atoms with van der Waals surface area (Å²) in [5.74, 6) is 0.637. The van der Waals surface area contributed by atoms with Crippen LogP contribution in [0.25, 0.3) is 11.2 Å². The van der Waals surface area contributed by atoms with Gasteiger partial charge in [-0.3, -0.25) is 0 Å². The molecule has 0 atom stereocenters. The molecule has 0 spiro atoms. The number of nitrogen functional groups attached to an aromatic ring is 1. The smallest absolute Gasteiger partial charge is 0.226 e. The fourth-order valence-corrected chi connectivity index (χ4v) is 2.67. The van der Waals surface area contributed by atoms with Gasteiger partial charge in [-0.05, 0) is 36.1 Å². The van der Waals surface area contributed by atoms with Gasteiger partial charge in [0, 0.05) is 18.3 Å². The minimum Gasteiger partial charge on any atom is -0.398 e. The molecule has 0 unspecified atom stereocenters. The van der Waals surface area contributed by atoms with Crippen LogP contribution in [0, 0.1) is 0 Å². The topological polar surface area (TPSA) is 81.7 Å². The van der Waals surface area contributed by atoms with Crippen LogP contribution >= 0.6 is 11.6 Å². The molecule has 3 N–H and O–H groups in total. The maximum absolute atomic E-state index is 6.06. The van der Waals surface area contributed by atoms with Gasteiger partial charge >= 0.3 is 0 Å². The summed E-state index contributed by atoms with van der Waals surface area (Å²) in [5, 5.41) is 3.49. The predicted octanol–water partition coefficient (Wildman–Crippen LogP) is 3.01. The second-order valence-corrected chi connectivity index (χ2v) is 5.79. The van der Waals surface area contributed by atoms with Crippen molar-refractivity contribution >= 4 is 34.3 Å². The van der Waals surface area contributed by atoms with Crippen molar-refractivity contribution in [3.63, 3.8) is 0 Å². The van der Waals surface area contributed by atoms with Crippen LogP contribution in [0.15, 0.2) is 30.6 Å². The van der Waals surface area contributed by atoms with Crippen molar-refractivity contribution in [2.45, 2.75) is 25.4 Å². The minimum atomic E-state index is 0.221. The number of hydrogen-bond acceptors (Lipinski definition) is 5. The monoisotopic (exact) mass is 314 g/mol. The Morgan fingerprint density at radius 3 is 2.86 bits per heavy atom. The third kappa shape index (κ3) is 2.35. The molecule has 1 saturated carbocycles. The zero-order valence-electron chi connectivity index (χ0n) is 11.8. The lowest BCUT2D eigenvalue weighted by molar-refractivity contribution is 0.756. The maximum atomic E-state index is 6.06. The number of anilines is 2. The molecule has 2 heterocycles. The lowest BCUT2D eigenvalue weighted by atomic mass is 10.2. The molecule has 1 aliphatic carbocycles. The third-order valence-corrected chi connectivity index (χ3v) is 4.00. The Kier molecular flexibility index (Phi) is 3.11. The standard InChI is InChI=1S/C15H15ClN6/c16-15-20-13(18-7-9-3-1-2-4-11(9)17)12-14(21-15)22(8-19-12)10-5-6-10/h1-4,8,10H,5-7,17H2,(H,18,20,21). The average molecular weight is 315 g/mol. The lowest BCUT2D eigenvalue weighted by Gasteiger charge is -2.09. The average Bonchev–Trinajstić information content (AvgIpc) is 3.26. The molecule has 0 amide bonds. The van der Waals surface area contributed by atoms with E-state index in [1.165, 1.54) is 0 Å². The molecular weight excluding hydrogens is 300 g/mol. The molecule has 4 rings (SSSR count). The number of nitrogens with one attached hydrogen (secondary N) is 1. The van der Waals surface area contributed by atoms with Crippen LogP contribution in [0.2, 0.25) is 5.28 Å². The second-order valence-electron chi connectivity index (χ2n) is 5.45. The van der Waals surface area contributed by atoms with Gasteiger partial charge in [-0.2, -0.15) is 9.97 Å². The van der Waals surface area contributed by atoms with Crippen LogP contribution in [0.4, 0.5) is 11.5 Å². The Morgan fingerprint density at radius 1 is 1.27 bits per heavy atom. The zero-order chi connectivity index (χ0) is 15.1. The Bertz CT molecular complexity index is 839. The zero-order valence-corrected chi connectivity index (χ0v) is 12.6. The van der Waals surface area contributed by atoms with Crippen molar-refractivity contribution in [3.05, 3.63) is 41.4 Å². The summed E-state index contributed by atoms with van der Waals surface area (Å²) < 4.78 is 2.07. The number of nitrogens with zero attached hydrogens (tertiary/aromatic N) is 4. The lowest BCUT2D eigenvalue weighted by Crippen LogP contribution is -2.06. The molecule has 0 aliphatic heterocycles. The van der Waals surface area contributed by atoms with Gasteiger partial charge < -0.3 is 15.6 Å². The van der Waals surface area contributed by atoms with Gasteiger partial charge in [-0.15, -0.1) is 0 Å². The number of benzene rings is 1. The van der Waals surface area contributed by atoms with E-state index in [1.54, 1.807) is 0 Å². The minimum absolute atomic E-state index is 0.221. The van der Waals surface area contributed by atoms with E-state index in [-0.39, 0.29) is 5.28 Å². The molecule has 1 aliphatic rings. The van der Waals surface area contributed by atoms with Crippen LogP contribution in [-0.4, -0.2) is 19.5 Å². The van der Waals surface area contributed by atoms with Gasteiger partial charge in [-0.1, -0.05) is 18.2 Å². The molecular formula is C15H15ClN6. The second kappa shape index (κ2) is 5.14.